The number of para-hydroxylation sites is 1. The summed E-state index contributed by atoms with van der Waals surface area (Å²) in [6.45, 7) is 0. The van der Waals surface area contributed by atoms with Gasteiger partial charge in [-0.15, -0.1) is 0 Å². The van der Waals surface area contributed by atoms with Crippen LogP contribution in [0, 0.1) is 17.3 Å². The van der Waals surface area contributed by atoms with E-state index in [0.29, 0.717) is 28.9 Å². The average Bonchev–Trinajstić information content (AvgIpc) is 3.08. The molecule has 292 valence electrons. The number of halogens is 6. The number of anilines is 1. The largest absolute Gasteiger partial charge is 0.480 e. The smallest absolute Gasteiger partial charge is 0.389 e. The van der Waals surface area contributed by atoms with E-state index < -0.39 is 91.1 Å². The number of nitrogens with two attached hydrogens (primary N) is 1. The number of aliphatic imine (C=N–C) groups is 1. The predicted octanol–water partition coefficient (Wildman–Crippen LogP) is 4.99. The monoisotopic (exact) mass is 929 g/mol. The van der Waals surface area contributed by atoms with Gasteiger partial charge in [-0.25, -0.2) is 4.99 Å². The Balaban J connectivity index is 0.00000173. The Morgan fingerprint density at radius 1 is 0.885 bits per heavy atom. The molecule has 0 saturated heterocycles. The van der Waals surface area contributed by atoms with E-state index in [9.17, 15) is 50.3 Å². The summed E-state index contributed by atoms with van der Waals surface area (Å²) in [7, 11) is 1.42. The Bertz CT molecular complexity index is 1570. The normalized spacial score (nSPS) is 17.2. The van der Waals surface area contributed by atoms with Crippen molar-refractivity contribution in [3.63, 3.8) is 0 Å². The summed E-state index contributed by atoms with van der Waals surface area (Å²) in [5, 5.41) is 19.2. The number of carbonyl (C=O) groups is 5. The van der Waals surface area contributed by atoms with Crippen molar-refractivity contribution in [3.8, 4) is 0 Å². The van der Waals surface area contributed by atoms with Gasteiger partial charge >= 0.3 is 24.3 Å². The molecule has 2 aromatic rings. The summed E-state index contributed by atoms with van der Waals surface area (Å²) in [5.41, 5.74) is 5.63. The Hall–Kier alpha value is -4.35. The number of nitrogens with zero attached hydrogens (tertiary/aromatic N) is 2. The molecule has 20 heteroatoms. The van der Waals surface area contributed by atoms with Crippen LogP contribution >= 0.6 is 0 Å². The molecule has 0 aromatic heterocycles. The van der Waals surface area contributed by atoms with Gasteiger partial charge in [0.05, 0.1) is 11.4 Å². The number of benzene rings is 2. The quantitative estimate of drug-likeness (QED) is 0.131. The van der Waals surface area contributed by atoms with E-state index in [1.54, 1.807) is 54.6 Å². The third-order valence-corrected chi connectivity index (χ3v) is 8.36. The number of rotatable bonds is 11. The minimum absolute atomic E-state index is 0. The first-order valence-electron chi connectivity index (χ1n) is 15.0. The molecule has 3 atom stereocenters. The Morgan fingerprint density at radius 2 is 1.37 bits per heavy atom. The van der Waals surface area contributed by atoms with Crippen molar-refractivity contribution in [3.05, 3.63) is 65.7 Å². The first kappa shape index (κ1) is 47.6. The van der Waals surface area contributed by atoms with Crippen molar-refractivity contribution in [2.75, 3.05) is 11.9 Å². The number of hydrogen-bond acceptors (Lipinski definition) is 8. The molecule has 2 aliphatic rings. The number of fused-ring (bicyclic) bond motifs is 1. The number of likely N-dealkylation sites (N-methyl/N-ethyl adjacent to an activating group) is 1. The van der Waals surface area contributed by atoms with Crippen LogP contribution < -0.4 is 28.3 Å². The minimum atomic E-state index is -4.76. The van der Waals surface area contributed by atoms with Gasteiger partial charge in [-0.05, 0) is 38.2 Å². The topological polar surface area (TPSA) is 249 Å². The van der Waals surface area contributed by atoms with Crippen LogP contribution in [0.2, 0.25) is 0 Å². The van der Waals surface area contributed by atoms with Crippen LogP contribution in [0.5, 0.6) is 0 Å². The molecule has 52 heavy (non-hydrogen) atoms. The second-order valence-electron chi connectivity index (χ2n) is 11.6. The zero-order chi connectivity index (χ0) is 36.7. The fraction of sp³-hybridized carbons (Fsp3) is 0.438. The van der Waals surface area contributed by atoms with E-state index in [2.05, 4.69) is 10.3 Å². The number of carbonyl (C=O) groups excluding carboxylic acids is 3. The molecule has 13 nitrogen and oxygen atoms in total. The van der Waals surface area contributed by atoms with Gasteiger partial charge in [0.15, 0.2) is 5.41 Å². The molecule has 0 bridgehead atoms. The predicted molar refractivity (Wildman–Crippen MR) is 172 cm³/mol. The molecule has 0 unspecified atom stereocenters. The summed E-state index contributed by atoms with van der Waals surface area (Å²) in [5.74, 6) is -9.49. The second-order valence-corrected chi connectivity index (χ2v) is 11.6. The van der Waals surface area contributed by atoms with Gasteiger partial charge in [-0.1, -0.05) is 48.5 Å². The molecule has 0 radical (unpaired) electrons. The first-order valence-corrected chi connectivity index (χ1v) is 15.0. The van der Waals surface area contributed by atoms with Crippen molar-refractivity contribution < 1.29 is 81.6 Å². The molecule has 4 rings (SSSR count). The number of primary amides is 1. The van der Waals surface area contributed by atoms with Crippen molar-refractivity contribution >= 4 is 41.1 Å². The molecule has 1 heterocycles. The second kappa shape index (κ2) is 19.5. The summed E-state index contributed by atoms with van der Waals surface area (Å²) in [4.78, 5) is 65.0. The Labute approximate surface area is 308 Å². The van der Waals surface area contributed by atoms with Crippen molar-refractivity contribution in [1.82, 2.24) is 17.6 Å². The van der Waals surface area contributed by atoms with Crippen molar-refractivity contribution in [1.29, 1.82) is 0 Å². The van der Waals surface area contributed by atoms with E-state index in [1.165, 1.54) is 11.9 Å². The van der Waals surface area contributed by atoms with E-state index in [4.69, 9.17) is 15.9 Å². The maximum absolute atomic E-state index is 13.3. The van der Waals surface area contributed by atoms with Gasteiger partial charge in [0.2, 0.25) is 18.0 Å². The molecule has 1 aliphatic carbocycles. The average molecular weight is 930 g/mol. The van der Waals surface area contributed by atoms with Crippen LogP contribution in [-0.2, 0) is 45.0 Å². The molecule has 1 saturated carbocycles. The number of aliphatic carboxylic acids is 2. The molecule has 2 aromatic carbocycles. The molecular weight excluding hydrogens is 889 g/mol. The van der Waals surface area contributed by atoms with Crippen LogP contribution in [0.25, 0.3) is 0 Å². The number of amides is 3. The standard InChI is InChI=1S/C26H26F6N4O3.C6H8O4.2H3N.Pt/c1-36-19-10-6-5-9-18(19)20(15-7-3-2-4-8-15)34-22(24(36)39)35-23(38)17(12-14-26(30,31)32)16(21(33)37)11-13-25(27,28)29;7-4(8)6(5(9)10)2-1-3-6;;;/h2-10,16-17,22H,11-14H2,1H3,(H2,33,37)(H,35,38);1-3H2,(H,7,8)(H,9,10);2*1H3;/t16-,17+,22+;;;;/m0..../s1. The number of alkyl halides is 6. The summed E-state index contributed by atoms with van der Waals surface area (Å²) in [6.07, 6.45) is -15.0. The Kier molecular flexibility index (Phi) is 17.8. The number of carboxylic acids is 2. The maximum Gasteiger partial charge on any atom is 0.389 e. The molecule has 3 amide bonds. The third-order valence-electron chi connectivity index (χ3n) is 8.36. The van der Waals surface area contributed by atoms with E-state index >= 15 is 0 Å². The summed E-state index contributed by atoms with van der Waals surface area (Å²) >= 11 is 0. The first-order chi connectivity index (χ1) is 22.8. The van der Waals surface area contributed by atoms with Gasteiger partial charge in [0, 0.05) is 63.9 Å². The molecule has 1 aliphatic heterocycles. The van der Waals surface area contributed by atoms with Gasteiger partial charge < -0.3 is 38.5 Å². The summed E-state index contributed by atoms with van der Waals surface area (Å²) in [6, 6.07) is 15.3. The molecular formula is C32H40F6N6O7Pt. The van der Waals surface area contributed by atoms with Crippen molar-refractivity contribution in [2.45, 2.75) is 63.5 Å². The SMILES string of the molecule is CN1C(=O)[C@@H](NC(=O)[C@H](CCC(F)(F)F)[C@H](CCC(F)(F)F)C(N)=O)N=C(c2ccccc2)c2ccccc21.N.N.O=C(O)C1(C(=O)O)CCC1.[Pt]. The van der Waals surface area contributed by atoms with Gasteiger partial charge in [-0.2, -0.15) is 26.3 Å². The van der Waals surface area contributed by atoms with Gasteiger partial charge in [-0.3, -0.25) is 24.0 Å². The molecule has 11 N–H and O–H groups in total. The van der Waals surface area contributed by atoms with E-state index in [1.807, 2.05) is 0 Å². The van der Waals surface area contributed by atoms with Gasteiger partial charge in [0.25, 0.3) is 5.91 Å². The third kappa shape index (κ3) is 12.1. The van der Waals surface area contributed by atoms with Crippen LogP contribution in [0.15, 0.2) is 59.6 Å². The number of carboxylic acid groups (broad SMARTS) is 2. The number of benzodiazepines with no additional fused rings is 1. The fourth-order valence-corrected chi connectivity index (χ4v) is 5.43. The minimum Gasteiger partial charge on any atom is -0.480 e. The zero-order valence-electron chi connectivity index (χ0n) is 27.8. The summed E-state index contributed by atoms with van der Waals surface area (Å²) < 4.78 is 77.7. The number of nitrogens with one attached hydrogen (secondary N) is 1. The van der Waals surface area contributed by atoms with Crippen LogP contribution in [-0.4, -0.2) is 71.2 Å². The fourth-order valence-electron chi connectivity index (χ4n) is 5.43. The van der Waals surface area contributed by atoms with E-state index in [-0.39, 0.29) is 46.2 Å². The van der Waals surface area contributed by atoms with E-state index in [0.717, 1.165) is 0 Å². The number of hydrogen-bond donors (Lipinski definition) is 6. The van der Waals surface area contributed by atoms with Gasteiger partial charge in [0.1, 0.15) is 0 Å². The van der Waals surface area contributed by atoms with Crippen molar-refractivity contribution in [2.24, 2.45) is 28.0 Å². The van der Waals surface area contributed by atoms with Crippen LogP contribution in [0.3, 0.4) is 0 Å². The molecule has 1 fully saturated rings. The molecule has 0 spiro atoms. The maximum atomic E-state index is 13.3. The van der Waals surface area contributed by atoms with Crippen LogP contribution in [0.4, 0.5) is 32.0 Å². The Morgan fingerprint density at radius 3 is 1.79 bits per heavy atom. The zero-order valence-corrected chi connectivity index (χ0v) is 30.1. The van der Waals surface area contributed by atoms with Crippen LogP contribution in [0.1, 0.15) is 56.1 Å².